The second-order valence-corrected chi connectivity index (χ2v) is 5.68. The number of piperidine rings is 1. The zero-order chi connectivity index (χ0) is 13.1. The summed E-state index contributed by atoms with van der Waals surface area (Å²) in [7, 11) is 0. The standard InChI is InChI=1S/C15H20N2O2/c18-14(19-9-13-5-2-1-3-6-13)17-11-15(12-17)7-4-8-16-10-15/h1-3,5-6,16H,4,7-12H2. The first kappa shape index (κ1) is 12.5. The van der Waals surface area contributed by atoms with Crippen LogP contribution in [0.5, 0.6) is 0 Å². The second kappa shape index (κ2) is 5.21. The molecular weight excluding hydrogens is 240 g/mol. The molecule has 2 heterocycles. The number of amides is 1. The minimum atomic E-state index is -0.181. The van der Waals surface area contributed by atoms with Crippen LogP contribution in [0.4, 0.5) is 4.79 Å². The number of nitrogens with zero attached hydrogens (tertiary/aromatic N) is 1. The maximum Gasteiger partial charge on any atom is 0.410 e. The smallest absolute Gasteiger partial charge is 0.410 e. The molecular formula is C15H20N2O2. The average Bonchev–Trinajstić information content (AvgIpc) is 2.44. The Kier molecular flexibility index (Phi) is 3.42. The average molecular weight is 260 g/mol. The zero-order valence-corrected chi connectivity index (χ0v) is 11.1. The Morgan fingerprint density at radius 2 is 2.11 bits per heavy atom. The van der Waals surface area contributed by atoms with Crippen LogP contribution in [0, 0.1) is 5.41 Å². The minimum Gasteiger partial charge on any atom is -0.445 e. The lowest BCUT2D eigenvalue weighted by atomic mass is 9.74. The number of nitrogens with one attached hydrogen (secondary N) is 1. The van der Waals surface area contributed by atoms with Crippen molar-refractivity contribution < 1.29 is 9.53 Å². The van der Waals surface area contributed by atoms with Gasteiger partial charge in [-0.25, -0.2) is 4.79 Å². The highest BCUT2D eigenvalue weighted by Gasteiger charge is 2.46. The van der Waals surface area contributed by atoms with E-state index in [1.807, 2.05) is 35.2 Å². The highest BCUT2D eigenvalue weighted by Crippen LogP contribution is 2.36. The summed E-state index contributed by atoms with van der Waals surface area (Å²) in [5.41, 5.74) is 1.36. The molecule has 2 fully saturated rings. The van der Waals surface area contributed by atoms with Gasteiger partial charge in [-0.2, -0.15) is 0 Å². The van der Waals surface area contributed by atoms with Gasteiger partial charge in [0.15, 0.2) is 0 Å². The van der Waals surface area contributed by atoms with Crippen molar-refractivity contribution in [2.75, 3.05) is 26.2 Å². The summed E-state index contributed by atoms with van der Waals surface area (Å²) < 4.78 is 5.33. The van der Waals surface area contributed by atoms with E-state index in [1.165, 1.54) is 12.8 Å². The fraction of sp³-hybridized carbons (Fsp3) is 0.533. The molecule has 1 N–H and O–H groups in total. The Hall–Kier alpha value is -1.55. The molecule has 0 atom stereocenters. The van der Waals surface area contributed by atoms with Crippen LogP contribution in [-0.4, -0.2) is 37.2 Å². The molecule has 2 aliphatic heterocycles. The maximum absolute atomic E-state index is 11.9. The first-order valence-corrected chi connectivity index (χ1v) is 6.94. The summed E-state index contributed by atoms with van der Waals surface area (Å²) in [6.07, 6.45) is 2.26. The van der Waals surface area contributed by atoms with Crippen molar-refractivity contribution in [1.82, 2.24) is 10.2 Å². The first-order valence-electron chi connectivity index (χ1n) is 6.94. The highest BCUT2D eigenvalue weighted by atomic mass is 16.6. The lowest BCUT2D eigenvalue weighted by Gasteiger charge is -2.51. The van der Waals surface area contributed by atoms with Crippen molar-refractivity contribution in [1.29, 1.82) is 0 Å². The van der Waals surface area contributed by atoms with Gasteiger partial charge >= 0.3 is 6.09 Å². The van der Waals surface area contributed by atoms with Gasteiger partial charge in [-0.15, -0.1) is 0 Å². The highest BCUT2D eigenvalue weighted by molar-refractivity contribution is 5.69. The van der Waals surface area contributed by atoms with Crippen LogP contribution in [0.15, 0.2) is 30.3 Å². The third-order valence-corrected chi connectivity index (χ3v) is 4.08. The van der Waals surface area contributed by atoms with Crippen LogP contribution < -0.4 is 5.32 Å². The predicted molar refractivity (Wildman–Crippen MR) is 72.7 cm³/mol. The van der Waals surface area contributed by atoms with Gasteiger partial charge in [-0.1, -0.05) is 30.3 Å². The fourth-order valence-corrected chi connectivity index (χ4v) is 3.00. The largest absolute Gasteiger partial charge is 0.445 e. The second-order valence-electron chi connectivity index (χ2n) is 5.68. The lowest BCUT2D eigenvalue weighted by molar-refractivity contribution is -0.0190. The molecule has 19 heavy (non-hydrogen) atoms. The molecule has 1 spiro atoms. The molecule has 1 aromatic rings. The van der Waals surface area contributed by atoms with E-state index < -0.39 is 0 Å². The topological polar surface area (TPSA) is 41.6 Å². The van der Waals surface area contributed by atoms with Gasteiger partial charge in [0.1, 0.15) is 6.61 Å². The Morgan fingerprint density at radius 1 is 1.32 bits per heavy atom. The number of likely N-dealkylation sites (tertiary alicyclic amines) is 1. The number of hydrogen-bond donors (Lipinski definition) is 1. The van der Waals surface area contributed by atoms with Crippen molar-refractivity contribution >= 4 is 6.09 Å². The maximum atomic E-state index is 11.9. The Labute approximate surface area is 113 Å². The monoisotopic (exact) mass is 260 g/mol. The Bertz CT molecular complexity index is 433. The van der Waals surface area contributed by atoms with Crippen LogP contribution in [0.3, 0.4) is 0 Å². The van der Waals surface area contributed by atoms with Crippen LogP contribution in [0.2, 0.25) is 0 Å². The Morgan fingerprint density at radius 3 is 2.79 bits per heavy atom. The Balaban J connectivity index is 1.45. The number of rotatable bonds is 2. The number of hydrogen-bond acceptors (Lipinski definition) is 3. The van der Waals surface area contributed by atoms with Gasteiger partial charge in [0, 0.05) is 25.0 Å². The summed E-state index contributed by atoms with van der Waals surface area (Å²) in [4.78, 5) is 13.7. The summed E-state index contributed by atoms with van der Waals surface area (Å²) in [6.45, 7) is 4.19. The summed E-state index contributed by atoms with van der Waals surface area (Å²) in [5, 5.41) is 3.42. The molecule has 102 valence electrons. The SMILES string of the molecule is O=C(OCc1ccccc1)N1CC2(CCCNC2)C1. The van der Waals surface area contributed by atoms with Crippen molar-refractivity contribution in [3.63, 3.8) is 0 Å². The fourth-order valence-electron chi connectivity index (χ4n) is 3.00. The van der Waals surface area contributed by atoms with Crippen molar-refractivity contribution in [2.45, 2.75) is 19.4 Å². The van der Waals surface area contributed by atoms with Gasteiger partial charge in [-0.3, -0.25) is 0 Å². The quantitative estimate of drug-likeness (QED) is 0.884. The van der Waals surface area contributed by atoms with E-state index in [0.29, 0.717) is 12.0 Å². The van der Waals surface area contributed by atoms with E-state index in [9.17, 15) is 4.79 Å². The molecule has 2 saturated heterocycles. The van der Waals surface area contributed by atoms with Crippen molar-refractivity contribution in [3.05, 3.63) is 35.9 Å². The van der Waals surface area contributed by atoms with Gasteiger partial charge in [0.25, 0.3) is 0 Å². The predicted octanol–water partition coefficient (Wildman–Crippen LogP) is 2.01. The minimum absolute atomic E-state index is 0.181. The molecule has 0 aromatic heterocycles. The van der Waals surface area contributed by atoms with Crippen LogP contribution >= 0.6 is 0 Å². The van der Waals surface area contributed by atoms with E-state index in [2.05, 4.69) is 5.32 Å². The molecule has 1 amide bonds. The molecule has 0 bridgehead atoms. The third-order valence-electron chi connectivity index (χ3n) is 4.08. The van der Waals surface area contributed by atoms with Crippen LogP contribution in [0.1, 0.15) is 18.4 Å². The summed E-state index contributed by atoms with van der Waals surface area (Å²) in [6, 6.07) is 9.80. The molecule has 4 heteroatoms. The van der Waals surface area contributed by atoms with E-state index in [0.717, 1.165) is 31.7 Å². The van der Waals surface area contributed by atoms with E-state index in [4.69, 9.17) is 4.74 Å². The van der Waals surface area contributed by atoms with Crippen molar-refractivity contribution in [2.24, 2.45) is 5.41 Å². The summed E-state index contributed by atoms with van der Waals surface area (Å²) >= 11 is 0. The van der Waals surface area contributed by atoms with E-state index >= 15 is 0 Å². The molecule has 0 aliphatic carbocycles. The molecule has 0 radical (unpaired) electrons. The normalized spacial score (nSPS) is 20.9. The molecule has 3 rings (SSSR count). The van der Waals surface area contributed by atoms with Crippen LogP contribution in [-0.2, 0) is 11.3 Å². The number of benzene rings is 1. The molecule has 2 aliphatic rings. The zero-order valence-electron chi connectivity index (χ0n) is 11.1. The van der Waals surface area contributed by atoms with Crippen LogP contribution in [0.25, 0.3) is 0 Å². The first-order chi connectivity index (χ1) is 9.27. The van der Waals surface area contributed by atoms with Gasteiger partial charge < -0.3 is 15.0 Å². The molecule has 0 saturated carbocycles. The molecule has 1 aromatic carbocycles. The van der Waals surface area contributed by atoms with E-state index in [-0.39, 0.29) is 6.09 Å². The lowest BCUT2D eigenvalue weighted by Crippen LogP contribution is -2.63. The van der Waals surface area contributed by atoms with Gasteiger partial charge in [0.2, 0.25) is 0 Å². The summed E-state index contributed by atoms with van der Waals surface area (Å²) in [5.74, 6) is 0. The number of carbonyl (C=O) groups excluding carboxylic acids is 1. The van der Waals surface area contributed by atoms with Gasteiger partial charge in [0.05, 0.1) is 0 Å². The number of carbonyl (C=O) groups is 1. The van der Waals surface area contributed by atoms with E-state index in [1.54, 1.807) is 0 Å². The molecule has 4 nitrogen and oxygen atoms in total. The number of ether oxygens (including phenoxy) is 1. The molecule has 0 unspecified atom stereocenters. The van der Waals surface area contributed by atoms with Crippen molar-refractivity contribution in [3.8, 4) is 0 Å². The third kappa shape index (κ3) is 2.73. The van der Waals surface area contributed by atoms with Gasteiger partial charge in [-0.05, 0) is 24.9 Å².